The van der Waals surface area contributed by atoms with E-state index in [1.165, 1.54) is 40.7 Å². The Hall–Kier alpha value is -1.87. The minimum Gasteiger partial charge on any atom is -0.489 e. The number of rotatable bonds is 7. The molecule has 1 aliphatic rings. The van der Waals surface area contributed by atoms with Crippen LogP contribution in [0.4, 0.5) is 5.69 Å². The van der Waals surface area contributed by atoms with E-state index in [1.807, 2.05) is 0 Å². The minimum absolute atomic E-state index is 0.576. The average molecular weight is 368 g/mol. The number of aryl methyl sites for hydroxylation is 3. The van der Waals surface area contributed by atoms with Gasteiger partial charge in [0.1, 0.15) is 12.4 Å². The first-order valence-electron chi connectivity index (χ1n) is 9.68. The Kier molecular flexibility index (Phi) is 5.98. The summed E-state index contributed by atoms with van der Waals surface area (Å²) in [6, 6.07) is 10.9. The highest BCUT2D eigenvalue weighted by Gasteiger charge is 2.27. The van der Waals surface area contributed by atoms with Crippen molar-refractivity contribution >= 4 is 22.9 Å². The summed E-state index contributed by atoms with van der Waals surface area (Å²) in [7, 11) is 0. The Morgan fingerprint density at radius 1 is 1.15 bits per heavy atom. The van der Waals surface area contributed by atoms with Crippen molar-refractivity contribution in [2.24, 2.45) is 0 Å². The summed E-state index contributed by atoms with van der Waals surface area (Å²) in [6.45, 7) is 9.15. The Balaban J connectivity index is 1.87. The molecule has 2 aromatic carbocycles. The Morgan fingerprint density at radius 2 is 1.92 bits per heavy atom. The van der Waals surface area contributed by atoms with E-state index in [9.17, 15) is 0 Å². The maximum atomic E-state index is 6.29. The summed E-state index contributed by atoms with van der Waals surface area (Å²) in [5, 5.41) is 3.42. The predicted molar refractivity (Wildman–Crippen MR) is 115 cm³/mol. The maximum absolute atomic E-state index is 6.29. The molecular weight excluding hydrogens is 338 g/mol. The number of hydrogen-bond acceptors (Lipinski definition) is 2. The highest BCUT2D eigenvalue weighted by molar-refractivity contribution is 7.80. The van der Waals surface area contributed by atoms with Crippen LogP contribution in [0.1, 0.15) is 66.8 Å². The van der Waals surface area contributed by atoms with E-state index in [0.29, 0.717) is 12.5 Å². The second-order valence-corrected chi connectivity index (χ2v) is 7.73. The molecule has 0 unspecified atom stereocenters. The van der Waals surface area contributed by atoms with Crippen molar-refractivity contribution in [1.82, 2.24) is 0 Å². The van der Waals surface area contributed by atoms with Crippen LogP contribution >= 0.6 is 12.2 Å². The zero-order valence-corrected chi connectivity index (χ0v) is 17.1. The zero-order valence-electron chi connectivity index (χ0n) is 16.3. The van der Waals surface area contributed by atoms with E-state index in [4.69, 9.17) is 17.0 Å². The SMILES string of the molecule is CCC(=S)Nc1cccc(C2CC2)c1COc1cc(C)c(CC)cc1C. The van der Waals surface area contributed by atoms with Crippen LogP contribution in [0.5, 0.6) is 5.75 Å². The molecule has 0 aliphatic heterocycles. The van der Waals surface area contributed by atoms with Crippen LogP contribution in [-0.2, 0) is 13.0 Å². The van der Waals surface area contributed by atoms with Gasteiger partial charge in [0.25, 0.3) is 0 Å². The number of benzene rings is 2. The smallest absolute Gasteiger partial charge is 0.123 e. The third-order valence-electron chi connectivity index (χ3n) is 5.21. The van der Waals surface area contributed by atoms with Crippen LogP contribution in [-0.4, -0.2) is 4.99 Å². The lowest BCUT2D eigenvalue weighted by Gasteiger charge is -2.18. The molecule has 0 amide bonds. The lowest BCUT2D eigenvalue weighted by Crippen LogP contribution is -2.12. The standard InChI is InChI=1S/C23H29NOS/c1-5-17-12-16(4)22(13-15(17)3)25-14-20-19(18-10-11-18)8-7-9-21(20)24-23(26)6-2/h7-9,12-13,18H,5-6,10-11,14H2,1-4H3,(H,24,26). The second kappa shape index (κ2) is 8.22. The topological polar surface area (TPSA) is 21.3 Å². The molecule has 1 fully saturated rings. The van der Waals surface area contributed by atoms with Crippen molar-refractivity contribution in [2.45, 2.75) is 65.9 Å². The fraction of sp³-hybridized carbons (Fsp3) is 0.435. The Bertz CT molecular complexity index is 808. The molecule has 26 heavy (non-hydrogen) atoms. The molecule has 0 saturated heterocycles. The van der Waals surface area contributed by atoms with Gasteiger partial charge in [0.05, 0.1) is 4.99 Å². The lowest BCUT2D eigenvalue weighted by atomic mass is 10.0. The van der Waals surface area contributed by atoms with Crippen molar-refractivity contribution in [3.8, 4) is 5.75 Å². The first-order valence-corrected chi connectivity index (χ1v) is 10.1. The molecule has 0 aromatic heterocycles. The first-order chi connectivity index (χ1) is 12.5. The van der Waals surface area contributed by atoms with E-state index >= 15 is 0 Å². The van der Waals surface area contributed by atoms with Crippen molar-refractivity contribution in [2.75, 3.05) is 5.32 Å². The molecule has 0 heterocycles. The van der Waals surface area contributed by atoms with Gasteiger partial charge in [-0.25, -0.2) is 0 Å². The largest absolute Gasteiger partial charge is 0.489 e. The number of thiocarbonyl (C=S) groups is 1. The van der Waals surface area contributed by atoms with Gasteiger partial charge in [-0.05, 0) is 79.8 Å². The molecule has 0 radical (unpaired) electrons. The molecular formula is C23H29NOS. The van der Waals surface area contributed by atoms with Crippen LogP contribution in [0.3, 0.4) is 0 Å². The third kappa shape index (κ3) is 4.27. The van der Waals surface area contributed by atoms with Gasteiger partial charge in [0, 0.05) is 11.3 Å². The molecule has 3 heteroatoms. The van der Waals surface area contributed by atoms with Gasteiger partial charge >= 0.3 is 0 Å². The minimum atomic E-state index is 0.576. The fourth-order valence-corrected chi connectivity index (χ4v) is 3.54. The number of hydrogen-bond donors (Lipinski definition) is 1. The molecule has 3 rings (SSSR count). The summed E-state index contributed by atoms with van der Waals surface area (Å²) in [4.78, 5) is 0.874. The lowest BCUT2D eigenvalue weighted by molar-refractivity contribution is 0.303. The average Bonchev–Trinajstić information content (AvgIpc) is 3.47. The van der Waals surface area contributed by atoms with E-state index in [-0.39, 0.29) is 0 Å². The van der Waals surface area contributed by atoms with E-state index in [1.54, 1.807) is 0 Å². The Morgan fingerprint density at radius 3 is 2.58 bits per heavy atom. The molecule has 1 N–H and O–H groups in total. The van der Waals surface area contributed by atoms with Crippen LogP contribution in [0.25, 0.3) is 0 Å². The molecule has 1 saturated carbocycles. The summed E-state index contributed by atoms with van der Waals surface area (Å²) < 4.78 is 6.29. The van der Waals surface area contributed by atoms with Gasteiger partial charge in [0.2, 0.25) is 0 Å². The van der Waals surface area contributed by atoms with Crippen molar-refractivity contribution in [3.05, 3.63) is 58.1 Å². The first kappa shape index (κ1) is 18.9. The highest BCUT2D eigenvalue weighted by atomic mass is 32.1. The third-order valence-corrected chi connectivity index (χ3v) is 5.60. The van der Waals surface area contributed by atoms with E-state index in [2.05, 4.69) is 63.3 Å². The van der Waals surface area contributed by atoms with Crippen molar-refractivity contribution < 1.29 is 4.74 Å². The monoisotopic (exact) mass is 367 g/mol. The predicted octanol–water partition coefficient (Wildman–Crippen LogP) is 6.47. The van der Waals surface area contributed by atoms with Crippen LogP contribution in [0.15, 0.2) is 30.3 Å². The summed E-state index contributed by atoms with van der Waals surface area (Å²) >= 11 is 5.41. The second-order valence-electron chi connectivity index (χ2n) is 7.24. The molecule has 138 valence electrons. The van der Waals surface area contributed by atoms with Crippen molar-refractivity contribution in [1.29, 1.82) is 0 Å². The van der Waals surface area contributed by atoms with Gasteiger partial charge in [-0.15, -0.1) is 0 Å². The number of nitrogens with one attached hydrogen (secondary N) is 1. The van der Waals surface area contributed by atoms with Gasteiger partial charge in [-0.3, -0.25) is 0 Å². The molecule has 2 nitrogen and oxygen atoms in total. The number of ether oxygens (including phenoxy) is 1. The fourth-order valence-electron chi connectivity index (χ4n) is 3.43. The van der Waals surface area contributed by atoms with Crippen LogP contribution in [0.2, 0.25) is 0 Å². The van der Waals surface area contributed by atoms with Crippen LogP contribution < -0.4 is 10.1 Å². The van der Waals surface area contributed by atoms with Crippen molar-refractivity contribution in [3.63, 3.8) is 0 Å². The highest BCUT2D eigenvalue weighted by Crippen LogP contribution is 2.43. The molecule has 0 spiro atoms. The summed E-state index contributed by atoms with van der Waals surface area (Å²) in [5.74, 6) is 1.66. The van der Waals surface area contributed by atoms with Crippen LogP contribution in [0, 0.1) is 13.8 Å². The maximum Gasteiger partial charge on any atom is 0.123 e. The number of anilines is 1. The van der Waals surface area contributed by atoms with E-state index < -0.39 is 0 Å². The molecule has 0 bridgehead atoms. The quantitative estimate of drug-likeness (QED) is 0.567. The Labute approximate surface area is 163 Å². The molecule has 2 aromatic rings. The van der Waals surface area contributed by atoms with Gasteiger partial charge in [-0.2, -0.15) is 0 Å². The zero-order chi connectivity index (χ0) is 18.7. The molecule has 0 atom stereocenters. The van der Waals surface area contributed by atoms with E-state index in [0.717, 1.165) is 29.3 Å². The molecule has 1 aliphatic carbocycles. The van der Waals surface area contributed by atoms with Gasteiger partial charge < -0.3 is 10.1 Å². The normalized spacial score (nSPS) is 13.5. The van der Waals surface area contributed by atoms with Gasteiger partial charge in [-0.1, -0.05) is 44.3 Å². The summed E-state index contributed by atoms with van der Waals surface area (Å²) in [5.41, 5.74) is 7.66. The summed E-state index contributed by atoms with van der Waals surface area (Å²) in [6.07, 6.45) is 4.45. The van der Waals surface area contributed by atoms with Gasteiger partial charge in [0.15, 0.2) is 0 Å².